The predicted octanol–water partition coefficient (Wildman–Crippen LogP) is 5.45. The third-order valence-electron chi connectivity index (χ3n) is 4.12. The summed E-state index contributed by atoms with van der Waals surface area (Å²) in [5, 5.41) is 19.0. The van der Waals surface area contributed by atoms with Crippen molar-refractivity contribution < 1.29 is 10.2 Å². The summed E-state index contributed by atoms with van der Waals surface area (Å²) in [4.78, 5) is 0. The lowest BCUT2D eigenvalue weighted by molar-refractivity contribution is 0.474. The molecule has 2 aromatic rings. The summed E-state index contributed by atoms with van der Waals surface area (Å²) < 4.78 is 0. The first-order chi connectivity index (χ1) is 10.6. The first kappa shape index (κ1) is 16.4. The van der Waals surface area contributed by atoms with E-state index in [1.807, 2.05) is 24.3 Å². The Morgan fingerprint density at radius 3 is 1.50 bits per heavy atom. The average molecular weight is 298 g/mol. The van der Waals surface area contributed by atoms with Crippen molar-refractivity contribution in [2.24, 2.45) is 5.92 Å². The lowest BCUT2D eigenvalue weighted by Gasteiger charge is -2.18. The van der Waals surface area contributed by atoms with Gasteiger partial charge in [0.15, 0.2) is 0 Å². The largest absolute Gasteiger partial charge is 0.508 e. The summed E-state index contributed by atoms with van der Waals surface area (Å²) in [6.07, 6.45) is 4.77. The number of hydrogen-bond acceptors (Lipinski definition) is 2. The average Bonchev–Trinajstić information content (AvgIpc) is 2.50. The Morgan fingerprint density at radius 1 is 0.682 bits per heavy atom. The van der Waals surface area contributed by atoms with E-state index in [-0.39, 0.29) is 0 Å². The molecule has 22 heavy (non-hydrogen) atoms. The van der Waals surface area contributed by atoms with E-state index >= 15 is 0 Å². The Balaban J connectivity index is 2.13. The van der Waals surface area contributed by atoms with Crippen LogP contribution in [0.3, 0.4) is 0 Å². The Morgan fingerprint density at radius 2 is 1.09 bits per heavy atom. The fourth-order valence-electron chi connectivity index (χ4n) is 2.84. The highest BCUT2D eigenvalue weighted by Gasteiger charge is 2.14. The van der Waals surface area contributed by atoms with E-state index in [2.05, 4.69) is 13.8 Å². The van der Waals surface area contributed by atoms with Gasteiger partial charge in [0.1, 0.15) is 11.5 Å². The molecular formula is C20H26O2. The maximum Gasteiger partial charge on any atom is 0.115 e. The van der Waals surface area contributed by atoms with Crippen molar-refractivity contribution in [3.63, 3.8) is 0 Å². The molecule has 2 N–H and O–H groups in total. The fraction of sp³-hybridized carbons (Fsp3) is 0.400. The van der Waals surface area contributed by atoms with Gasteiger partial charge in [-0.1, -0.05) is 57.4 Å². The number of rotatable bonds is 7. The number of phenols is 2. The zero-order valence-corrected chi connectivity index (χ0v) is 13.5. The molecule has 0 unspecified atom stereocenters. The molecule has 2 nitrogen and oxygen atoms in total. The van der Waals surface area contributed by atoms with E-state index in [4.69, 9.17) is 0 Å². The van der Waals surface area contributed by atoms with Crippen molar-refractivity contribution in [2.45, 2.75) is 45.4 Å². The maximum absolute atomic E-state index is 9.49. The minimum atomic E-state index is 0.299. The van der Waals surface area contributed by atoms with Crippen LogP contribution in [-0.2, 0) is 0 Å². The van der Waals surface area contributed by atoms with Crippen molar-refractivity contribution in [1.29, 1.82) is 0 Å². The zero-order chi connectivity index (χ0) is 15.9. The van der Waals surface area contributed by atoms with Gasteiger partial charge in [0, 0.05) is 5.92 Å². The second-order valence-corrected chi connectivity index (χ2v) is 6.41. The van der Waals surface area contributed by atoms with Gasteiger partial charge >= 0.3 is 0 Å². The van der Waals surface area contributed by atoms with Crippen LogP contribution in [0.4, 0.5) is 0 Å². The summed E-state index contributed by atoms with van der Waals surface area (Å²) in [7, 11) is 0. The van der Waals surface area contributed by atoms with Crippen LogP contribution < -0.4 is 0 Å². The highest BCUT2D eigenvalue weighted by Crippen LogP contribution is 2.32. The van der Waals surface area contributed by atoms with E-state index in [9.17, 15) is 10.2 Å². The van der Waals surface area contributed by atoms with Crippen LogP contribution in [0.1, 0.15) is 56.6 Å². The summed E-state index contributed by atoms with van der Waals surface area (Å²) >= 11 is 0. The minimum absolute atomic E-state index is 0.299. The molecule has 0 aliphatic rings. The molecule has 0 aliphatic heterocycles. The maximum atomic E-state index is 9.49. The normalized spacial score (nSPS) is 11.3. The quantitative estimate of drug-likeness (QED) is 0.668. The molecule has 0 aliphatic carbocycles. The number of hydrogen-bond donors (Lipinski definition) is 2. The van der Waals surface area contributed by atoms with Gasteiger partial charge in [-0.25, -0.2) is 0 Å². The van der Waals surface area contributed by atoms with Gasteiger partial charge in [-0.3, -0.25) is 0 Å². The summed E-state index contributed by atoms with van der Waals surface area (Å²) in [6, 6.07) is 15.0. The van der Waals surface area contributed by atoms with Crippen LogP contribution >= 0.6 is 0 Å². The van der Waals surface area contributed by atoms with Gasteiger partial charge in [-0.15, -0.1) is 0 Å². The fourth-order valence-corrected chi connectivity index (χ4v) is 2.84. The van der Waals surface area contributed by atoms with E-state index in [1.165, 1.54) is 30.4 Å². The van der Waals surface area contributed by atoms with Crippen LogP contribution in [0.25, 0.3) is 0 Å². The summed E-state index contributed by atoms with van der Waals surface area (Å²) in [5.41, 5.74) is 2.43. The van der Waals surface area contributed by atoms with Crippen molar-refractivity contribution in [1.82, 2.24) is 0 Å². The number of aromatic hydroxyl groups is 2. The van der Waals surface area contributed by atoms with Gasteiger partial charge in [0.25, 0.3) is 0 Å². The van der Waals surface area contributed by atoms with Gasteiger partial charge in [-0.05, 0) is 47.7 Å². The zero-order valence-electron chi connectivity index (χ0n) is 13.5. The van der Waals surface area contributed by atoms with Crippen molar-refractivity contribution >= 4 is 0 Å². The standard InChI is InChI=1S/C20H26O2/c1-15(2)5-3-4-6-20(16-7-11-18(21)12-8-16)17-9-13-19(22)14-10-17/h7-15,20-22H,3-6H2,1-2H3. The van der Waals surface area contributed by atoms with Crippen LogP contribution in [-0.4, -0.2) is 10.2 Å². The number of unbranched alkanes of at least 4 members (excludes halogenated alkanes) is 1. The second-order valence-electron chi connectivity index (χ2n) is 6.41. The molecule has 2 aromatic carbocycles. The summed E-state index contributed by atoms with van der Waals surface area (Å²) in [6.45, 7) is 4.52. The lowest BCUT2D eigenvalue weighted by Crippen LogP contribution is -2.01. The van der Waals surface area contributed by atoms with E-state index in [1.54, 1.807) is 24.3 Å². The van der Waals surface area contributed by atoms with Crippen LogP contribution in [0, 0.1) is 5.92 Å². The lowest BCUT2D eigenvalue weighted by atomic mass is 9.86. The molecule has 2 rings (SSSR count). The van der Waals surface area contributed by atoms with Gasteiger partial charge < -0.3 is 10.2 Å². The molecule has 0 spiro atoms. The first-order valence-electron chi connectivity index (χ1n) is 8.14. The molecule has 0 fully saturated rings. The van der Waals surface area contributed by atoms with Gasteiger partial charge in [0.05, 0.1) is 0 Å². The SMILES string of the molecule is CC(C)CCCCC(c1ccc(O)cc1)c1ccc(O)cc1. The molecule has 0 radical (unpaired) electrons. The van der Waals surface area contributed by atoms with Crippen molar-refractivity contribution in [2.75, 3.05) is 0 Å². The molecule has 0 saturated heterocycles. The molecule has 0 saturated carbocycles. The molecule has 0 amide bonds. The first-order valence-corrected chi connectivity index (χ1v) is 8.14. The van der Waals surface area contributed by atoms with Crippen molar-refractivity contribution in [3.05, 3.63) is 59.7 Å². The predicted molar refractivity (Wildman–Crippen MR) is 91.4 cm³/mol. The summed E-state index contributed by atoms with van der Waals surface area (Å²) in [5.74, 6) is 1.66. The Bertz CT molecular complexity index is 510. The monoisotopic (exact) mass is 298 g/mol. The molecular weight excluding hydrogens is 272 g/mol. The van der Waals surface area contributed by atoms with E-state index in [0.29, 0.717) is 17.4 Å². The van der Waals surface area contributed by atoms with Gasteiger partial charge in [-0.2, -0.15) is 0 Å². The van der Waals surface area contributed by atoms with Crippen molar-refractivity contribution in [3.8, 4) is 11.5 Å². The van der Waals surface area contributed by atoms with E-state index in [0.717, 1.165) is 12.3 Å². The molecule has 0 bridgehead atoms. The Hall–Kier alpha value is -1.96. The molecule has 0 heterocycles. The molecule has 2 heteroatoms. The smallest absolute Gasteiger partial charge is 0.115 e. The molecule has 0 atom stereocenters. The third kappa shape index (κ3) is 4.80. The molecule has 0 aromatic heterocycles. The van der Waals surface area contributed by atoms with E-state index < -0.39 is 0 Å². The van der Waals surface area contributed by atoms with Crippen LogP contribution in [0.2, 0.25) is 0 Å². The number of phenolic OH excluding ortho intramolecular Hbond substituents is 2. The topological polar surface area (TPSA) is 40.5 Å². The third-order valence-corrected chi connectivity index (χ3v) is 4.12. The highest BCUT2D eigenvalue weighted by molar-refractivity contribution is 5.37. The minimum Gasteiger partial charge on any atom is -0.508 e. The second kappa shape index (κ2) is 7.88. The Kier molecular flexibility index (Phi) is 5.88. The molecule has 118 valence electrons. The van der Waals surface area contributed by atoms with Gasteiger partial charge in [0.2, 0.25) is 0 Å². The number of benzene rings is 2. The van der Waals surface area contributed by atoms with Crippen LogP contribution in [0.5, 0.6) is 11.5 Å². The highest BCUT2D eigenvalue weighted by atomic mass is 16.3. The van der Waals surface area contributed by atoms with Crippen LogP contribution in [0.15, 0.2) is 48.5 Å². The Labute approximate surface area is 133 Å².